The fraction of sp³-hybridized carbons (Fsp3) is 0.368. The number of guanidine groups is 2. The summed E-state index contributed by atoms with van der Waals surface area (Å²) in [5.41, 5.74) is 28.4. The van der Waals surface area contributed by atoms with Gasteiger partial charge in [-0.25, -0.2) is 0 Å². The Morgan fingerprint density at radius 3 is 1.74 bits per heavy atom. The first-order chi connectivity index (χ1) is 27.1. The van der Waals surface area contributed by atoms with Crippen molar-refractivity contribution in [2.45, 2.75) is 69.6 Å². The molecule has 306 valence electrons. The van der Waals surface area contributed by atoms with E-state index in [4.69, 9.17) is 28.7 Å². The van der Waals surface area contributed by atoms with Crippen LogP contribution < -0.4 is 55.3 Å². The molecule has 3 rings (SSSR count). The van der Waals surface area contributed by atoms with Crippen molar-refractivity contribution < 1.29 is 33.9 Å². The van der Waals surface area contributed by atoms with Crippen LogP contribution in [0.15, 0.2) is 76.7 Å². The molecule has 0 heterocycles. The lowest BCUT2D eigenvalue weighted by molar-refractivity contribution is -0.133. The first-order valence-corrected chi connectivity index (χ1v) is 18.2. The highest BCUT2D eigenvalue weighted by atomic mass is 16.3. The molecule has 0 unspecified atom stereocenters. The van der Waals surface area contributed by atoms with Gasteiger partial charge in [-0.3, -0.25) is 38.8 Å². The van der Waals surface area contributed by atoms with Crippen molar-refractivity contribution in [3.8, 4) is 5.75 Å². The van der Waals surface area contributed by atoms with E-state index in [0.29, 0.717) is 12.0 Å². The Balaban J connectivity index is 1.76. The summed E-state index contributed by atoms with van der Waals surface area (Å²) in [5, 5.41) is 24.7. The van der Waals surface area contributed by atoms with E-state index in [1.165, 1.54) is 19.1 Å². The molecule has 16 N–H and O–H groups in total. The van der Waals surface area contributed by atoms with Gasteiger partial charge in [-0.05, 0) is 59.7 Å². The van der Waals surface area contributed by atoms with Crippen LogP contribution in [0.2, 0.25) is 0 Å². The number of nitrogens with one attached hydrogen (secondary N) is 5. The van der Waals surface area contributed by atoms with Gasteiger partial charge >= 0.3 is 0 Å². The standard InChI is InChI=1S/C38H52N12O7/c1-22(51)47-30(20-24-10-13-25-6-2-3-7-26(25)18-24)34(55)46-21-32(53)48-31(19-23-11-14-27(52)15-12-23)36(57)50-29(9-5-17-45-38(42)43)35(56)49-28(33(39)54)8-4-16-44-37(40)41/h2-3,6-7,10-15,18,28-31,52H,4-5,8-9,16-17,19-21H2,1H3,(H2,39,54)(H,46,55)(H,47,51)(H,48,53)(H,49,56)(H,50,57)(H4,40,41,44)(H4,42,43,45)/t28-,29-,30-,31+/m0/s1. The van der Waals surface area contributed by atoms with Gasteiger partial charge in [0.2, 0.25) is 35.4 Å². The number of carbonyl (C=O) groups excluding carboxylic acids is 6. The molecule has 4 atom stereocenters. The van der Waals surface area contributed by atoms with Crippen molar-refractivity contribution in [2.75, 3.05) is 19.6 Å². The minimum absolute atomic E-state index is 0.0194. The number of phenolic OH excluding ortho intramolecular Hbond substituents is 1. The third-order valence-electron chi connectivity index (χ3n) is 8.58. The minimum atomic E-state index is -1.29. The molecule has 0 bridgehead atoms. The van der Waals surface area contributed by atoms with E-state index in [-0.39, 0.29) is 62.9 Å². The van der Waals surface area contributed by atoms with E-state index >= 15 is 0 Å². The zero-order valence-corrected chi connectivity index (χ0v) is 31.7. The van der Waals surface area contributed by atoms with E-state index in [0.717, 1.165) is 16.3 Å². The average molecular weight is 789 g/mol. The van der Waals surface area contributed by atoms with Gasteiger partial charge in [0.05, 0.1) is 6.54 Å². The van der Waals surface area contributed by atoms with Crippen molar-refractivity contribution >= 4 is 58.1 Å². The quantitative estimate of drug-likeness (QED) is 0.0300. The fourth-order valence-corrected chi connectivity index (χ4v) is 5.78. The van der Waals surface area contributed by atoms with Gasteiger partial charge in [0.15, 0.2) is 11.9 Å². The molecule has 0 fully saturated rings. The number of aliphatic imine (C=N–C) groups is 2. The van der Waals surface area contributed by atoms with Crippen LogP contribution >= 0.6 is 0 Å². The van der Waals surface area contributed by atoms with Crippen molar-refractivity contribution in [3.63, 3.8) is 0 Å². The Bertz CT molecular complexity index is 1930. The van der Waals surface area contributed by atoms with Crippen LogP contribution in [0.4, 0.5) is 0 Å². The Morgan fingerprint density at radius 1 is 0.614 bits per heavy atom. The lowest BCUT2D eigenvalue weighted by Gasteiger charge is -2.25. The van der Waals surface area contributed by atoms with E-state index in [2.05, 4.69) is 36.6 Å². The fourth-order valence-electron chi connectivity index (χ4n) is 5.78. The van der Waals surface area contributed by atoms with E-state index in [1.54, 1.807) is 12.1 Å². The maximum Gasteiger partial charge on any atom is 0.243 e. The van der Waals surface area contributed by atoms with E-state index in [1.807, 2.05) is 42.5 Å². The number of hydrogen-bond donors (Lipinski definition) is 11. The molecule has 19 heteroatoms. The van der Waals surface area contributed by atoms with Gasteiger partial charge in [0, 0.05) is 32.9 Å². The van der Waals surface area contributed by atoms with Gasteiger partial charge in [-0.2, -0.15) is 0 Å². The molecule has 57 heavy (non-hydrogen) atoms. The molecule has 0 aliphatic carbocycles. The lowest BCUT2D eigenvalue weighted by Crippen LogP contribution is -2.57. The number of phenols is 1. The number of aromatic hydroxyl groups is 1. The van der Waals surface area contributed by atoms with Crippen LogP contribution in [0, 0.1) is 0 Å². The van der Waals surface area contributed by atoms with Gasteiger partial charge in [-0.1, -0.05) is 54.6 Å². The van der Waals surface area contributed by atoms with Crippen LogP contribution in [0.5, 0.6) is 5.75 Å². The smallest absolute Gasteiger partial charge is 0.243 e. The monoisotopic (exact) mass is 788 g/mol. The van der Waals surface area contributed by atoms with Crippen LogP contribution in [-0.4, -0.2) is 96.3 Å². The Morgan fingerprint density at radius 2 is 1.14 bits per heavy atom. The highest BCUT2D eigenvalue weighted by molar-refractivity contribution is 5.95. The zero-order chi connectivity index (χ0) is 41.9. The largest absolute Gasteiger partial charge is 0.508 e. The summed E-state index contributed by atoms with van der Waals surface area (Å²) in [6, 6.07) is 14.6. The Hall–Kier alpha value is -6.92. The first kappa shape index (κ1) is 44.5. The maximum absolute atomic E-state index is 13.9. The van der Waals surface area contributed by atoms with Gasteiger partial charge in [0.25, 0.3) is 0 Å². The number of nitrogens with two attached hydrogens (primary N) is 5. The number of amides is 6. The van der Waals surface area contributed by atoms with Crippen LogP contribution in [0.25, 0.3) is 10.8 Å². The zero-order valence-electron chi connectivity index (χ0n) is 31.7. The second-order valence-corrected chi connectivity index (χ2v) is 13.3. The van der Waals surface area contributed by atoms with Gasteiger partial charge in [-0.15, -0.1) is 0 Å². The highest BCUT2D eigenvalue weighted by Gasteiger charge is 2.30. The Kier molecular flexibility index (Phi) is 17.5. The topological polar surface area (TPSA) is 338 Å². The summed E-state index contributed by atoms with van der Waals surface area (Å²) in [6.07, 6.45) is 0.716. The highest BCUT2D eigenvalue weighted by Crippen LogP contribution is 2.17. The van der Waals surface area contributed by atoms with Crippen LogP contribution in [0.1, 0.15) is 43.7 Å². The molecule has 0 saturated carbocycles. The summed E-state index contributed by atoms with van der Waals surface area (Å²) in [4.78, 5) is 86.0. The minimum Gasteiger partial charge on any atom is -0.508 e. The number of nitrogens with zero attached hydrogens (tertiary/aromatic N) is 2. The van der Waals surface area contributed by atoms with Crippen molar-refractivity contribution in [1.82, 2.24) is 26.6 Å². The average Bonchev–Trinajstić information content (AvgIpc) is 3.15. The predicted molar refractivity (Wildman–Crippen MR) is 215 cm³/mol. The van der Waals surface area contributed by atoms with E-state index < -0.39 is 66.2 Å². The summed E-state index contributed by atoms with van der Waals surface area (Å²) in [5.74, 6) is -4.51. The normalized spacial score (nSPS) is 12.8. The van der Waals surface area contributed by atoms with Crippen molar-refractivity contribution in [1.29, 1.82) is 0 Å². The van der Waals surface area contributed by atoms with E-state index in [9.17, 15) is 33.9 Å². The molecule has 19 nitrogen and oxygen atoms in total. The molecule has 3 aromatic rings. The molecule has 0 saturated heterocycles. The summed E-state index contributed by atoms with van der Waals surface area (Å²) in [7, 11) is 0. The second kappa shape index (κ2) is 22.5. The molecular formula is C38H52N12O7. The predicted octanol–water partition coefficient (Wildman–Crippen LogP) is -2.00. The molecule has 0 aromatic heterocycles. The molecule has 3 aromatic carbocycles. The summed E-state index contributed by atoms with van der Waals surface area (Å²) >= 11 is 0. The number of fused-ring (bicyclic) bond motifs is 1. The van der Waals surface area contributed by atoms with Crippen LogP contribution in [0.3, 0.4) is 0 Å². The number of benzene rings is 3. The molecule has 0 radical (unpaired) electrons. The number of primary amides is 1. The number of rotatable bonds is 22. The lowest BCUT2D eigenvalue weighted by atomic mass is 10.0. The van der Waals surface area contributed by atoms with Crippen molar-refractivity contribution in [2.24, 2.45) is 38.7 Å². The third kappa shape index (κ3) is 16.1. The SMILES string of the molecule is CC(=O)N[C@@H](Cc1ccc2ccccc2c1)C(=O)NCC(=O)N[C@H](Cc1ccc(O)cc1)C(=O)N[C@@H](CCCN=C(N)N)C(=O)N[C@@H](CCCN=C(N)N)C(N)=O. The van der Waals surface area contributed by atoms with Gasteiger partial charge in [0.1, 0.15) is 29.9 Å². The number of hydrogen-bond acceptors (Lipinski definition) is 9. The third-order valence-corrected chi connectivity index (χ3v) is 8.58. The summed E-state index contributed by atoms with van der Waals surface area (Å²) in [6.45, 7) is 1.01. The first-order valence-electron chi connectivity index (χ1n) is 18.2. The molecule has 0 aliphatic rings. The van der Waals surface area contributed by atoms with Gasteiger partial charge < -0.3 is 60.4 Å². The number of carbonyl (C=O) groups is 6. The molecule has 0 spiro atoms. The second-order valence-electron chi connectivity index (χ2n) is 13.3. The molecular weight excluding hydrogens is 736 g/mol. The maximum atomic E-state index is 13.9. The van der Waals surface area contributed by atoms with Crippen LogP contribution in [-0.2, 0) is 41.6 Å². The Labute approximate surface area is 329 Å². The summed E-state index contributed by atoms with van der Waals surface area (Å²) < 4.78 is 0. The molecule has 0 aliphatic heterocycles. The van der Waals surface area contributed by atoms with Crippen molar-refractivity contribution in [3.05, 3.63) is 77.9 Å². The molecule has 6 amide bonds.